The lowest BCUT2D eigenvalue weighted by Gasteiger charge is -2.08. The van der Waals surface area contributed by atoms with E-state index in [1.807, 2.05) is 26.0 Å². The maximum Gasteiger partial charge on any atom is 0.136 e. The zero-order valence-electron chi connectivity index (χ0n) is 11.2. The molecule has 0 fully saturated rings. The van der Waals surface area contributed by atoms with Crippen LogP contribution in [0.15, 0.2) is 52.4 Å². The number of hydrogen-bond acceptors (Lipinski definition) is 3. The van der Waals surface area contributed by atoms with Gasteiger partial charge in [-0.3, -0.25) is 0 Å². The Labute approximate surface area is 127 Å². The number of fused-ring (bicyclic) bond motifs is 1. The molecule has 0 amide bonds. The lowest BCUT2D eigenvalue weighted by atomic mass is 10.1. The van der Waals surface area contributed by atoms with Crippen LogP contribution in [0.1, 0.15) is 11.4 Å². The quantitative estimate of drug-likeness (QED) is 0.619. The molecule has 0 saturated carbocycles. The molecule has 0 aliphatic rings. The van der Waals surface area contributed by atoms with E-state index in [-0.39, 0.29) is 0 Å². The summed E-state index contributed by atoms with van der Waals surface area (Å²) in [5.74, 6) is 0.698. The number of nitrogens with zero attached hydrogens (tertiary/aromatic N) is 2. The summed E-state index contributed by atoms with van der Waals surface area (Å²) in [6.45, 7) is 3.81. The Morgan fingerprint density at radius 2 is 1.70 bits per heavy atom. The van der Waals surface area contributed by atoms with Gasteiger partial charge in [0.2, 0.25) is 0 Å². The molecule has 0 aliphatic heterocycles. The second kappa shape index (κ2) is 5.43. The van der Waals surface area contributed by atoms with Crippen LogP contribution in [0.5, 0.6) is 0 Å². The first kappa shape index (κ1) is 13.4. The zero-order valence-corrected chi connectivity index (χ0v) is 12.8. The molecule has 100 valence electrons. The molecule has 0 radical (unpaired) electrons. The fraction of sp³-hybridized carbons (Fsp3) is 0.125. The van der Waals surface area contributed by atoms with E-state index < -0.39 is 0 Å². The van der Waals surface area contributed by atoms with Crippen molar-refractivity contribution in [2.45, 2.75) is 23.8 Å². The van der Waals surface area contributed by atoms with Crippen molar-refractivity contribution in [1.29, 1.82) is 0 Å². The van der Waals surface area contributed by atoms with Crippen LogP contribution in [-0.2, 0) is 0 Å². The second-order valence-electron chi connectivity index (χ2n) is 4.60. The van der Waals surface area contributed by atoms with Gasteiger partial charge in [0.25, 0.3) is 0 Å². The van der Waals surface area contributed by atoms with Gasteiger partial charge in [0.05, 0.1) is 0 Å². The number of hydrogen-bond donors (Lipinski definition) is 0. The topological polar surface area (TPSA) is 25.8 Å². The van der Waals surface area contributed by atoms with Crippen LogP contribution in [0, 0.1) is 13.8 Å². The first-order chi connectivity index (χ1) is 9.63. The molecular formula is C16H13ClN2S. The molecule has 3 aromatic rings. The molecule has 1 heterocycles. The van der Waals surface area contributed by atoms with E-state index in [4.69, 9.17) is 11.6 Å². The average Bonchev–Trinajstić information content (AvgIpc) is 2.44. The van der Waals surface area contributed by atoms with Crippen molar-refractivity contribution in [3.05, 3.63) is 59.0 Å². The van der Waals surface area contributed by atoms with Crippen LogP contribution in [0.25, 0.3) is 10.8 Å². The molecule has 0 N–H and O–H groups in total. The molecule has 20 heavy (non-hydrogen) atoms. The molecule has 1 aromatic heterocycles. The Morgan fingerprint density at radius 3 is 2.50 bits per heavy atom. The van der Waals surface area contributed by atoms with E-state index in [2.05, 4.69) is 40.3 Å². The Balaban J connectivity index is 2.01. The number of benzene rings is 2. The minimum atomic E-state index is 0.529. The number of aryl methyl sites for hydroxylation is 1. The third kappa shape index (κ3) is 2.65. The van der Waals surface area contributed by atoms with Crippen molar-refractivity contribution in [1.82, 2.24) is 9.97 Å². The smallest absolute Gasteiger partial charge is 0.136 e. The molecule has 0 unspecified atom stereocenters. The molecule has 2 aromatic carbocycles. The van der Waals surface area contributed by atoms with Crippen LogP contribution in [0.3, 0.4) is 0 Å². The van der Waals surface area contributed by atoms with Gasteiger partial charge in [-0.05, 0) is 36.8 Å². The first-order valence-corrected chi connectivity index (χ1v) is 7.50. The third-order valence-electron chi connectivity index (χ3n) is 3.09. The molecule has 4 heteroatoms. The van der Waals surface area contributed by atoms with Gasteiger partial charge in [0, 0.05) is 10.5 Å². The van der Waals surface area contributed by atoms with Crippen LogP contribution in [0.2, 0.25) is 5.15 Å². The molecule has 0 spiro atoms. The van der Waals surface area contributed by atoms with Gasteiger partial charge in [0.15, 0.2) is 0 Å². The Bertz CT molecular complexity index is 787. The van der Waals surface area contributed by atoms with E-state index >= 15 is 0 Å². The van der Waals surface area contributed by atoms with Crippen molar-refractivity contribution in [3.8, 4) is 0 Å². The third-order valence-corrected chi connectivity index (χ3v) is 4.54. The molecule has 3 rings (SSSR count). The summed E-state index contributed by atoms with van der Waals surface area (Å²) in [7, 11) is 0. The van der Waals surface area contributed by atoms with Gasteiger partial charge in [-0.1, -0.05) is 53.7 Å². The van der Waals surface area contributed by atoms with Crippen molar-refractivity contribution < 1.29 is 0 Å². The number of aromatic nitrogens is 2. The van der Waals surface area contributed by atoms with Crippen LogP contribution < -0.4 is 0 Å². The summed E-state index contributed by atoms with van der Waals surface area (Å²) in [5, 5.41) is 3.91. The molecule has 2 nitrogen and oxygen atoms in total. The highest BCUT2D eigenvalue weighted by atomic mass is 35.5. The largest absolute Gasteiger partial charge is 0.226 e. The van der Waals surface area contributed by atoms with Crippen LogP contribution in [0.4, 0.5) is 0 Å². The van der Waals surface area contributed by atoms with Crippen molar-refractivity contribution in [2.75, 3.05) is 0 Å². The highest BCUT2D eigenvalue weighted by molar-refractivity contribution is 7.99. The average molecular weight is 301 g/mol. The highest BCUT2D eigenvalue weighted by Gasteiger charge is 2.09. The monoisotopic (exact) mass is 300 g/mol. The normalized spacial score (nSPS) is 10.9. The first-order valence-electron chi connectivity index (χ1n) is 6.31. The van der Waals surface area contributed by atoms with Gasteiger partial charge >= 0.3 is 0 Å². The van der Waals surface area contributed by atoms with Crippen LogP contribution >= 0.6 is 23.4 Å². The van der Waals surface area contributed by atoms with E-state index in [9.17, 15) is 0 Å². The van der Waals surface area contributed by atoms with Gasteiger partial charge in [-0.2, -0.15) is 0 Å². The fourth-order valence-electron chi connectivity index (χ4n) is 2.01. The van der Waals surface area contributed by atoms with Crippen molar-refractivity contribution >= 4 is 34.1 Å². The summed E-state index contributed by atoms with van der Waals surface area (Å²) in [5.41, 5.74) is 0.926. The van der Waals surface area contributed by atoms with Crippen LogP contribution in [-0.4, -0.2) is 9.97 Å². The molecular weight excluding hydrogens is 288 g/mol. The summed E-state index contributed by atoms with van der Waals surface area (Å²) < 4.78 is 0. The Hall–Kier alpha value is -1.58. The fourth-order valence-corrected chi connectivity index (χ4v) is 3.25. The SMILES string of the molecule is Cc1nc(Cl)c(C)c(Sc2ccc3ccccc3c2)n1. The van der Waals surface area contributed by atoms with E-state index in [0.29, 0.717) is 11.0 Å². The van der Waals surface area contributed by atoms with Gasteiger partial charge in [0.1, 0.15) is 16.0 Å². The molecule has 0 bridgehead atoms. The minimum absolute atomic E-state index is 0.529. The van der Waals surface area contributed by atoms with E-state index in [0.717, 1.165) is 15.5 Å². The minimum Gasteiger partial charge on any atom is -0.226 e. The summed E-state index contributed by atoms with van der Waals surface area (Å²) in [6, 6.07) is 14.7. The van der Waals surface area contributed by atoms with E-state index in [1.165, 1.54) is 10.8 Å². The van der Waals surface area contributed by atoms with Gasteiger partial charge in [-0.25, -0.2) is 9.97 Å². The maximum atomic E-state index is 6.12. The Morgan fingerprint density at radius 1 is 0.950 bits per heavy atom. The van der Waals surface area contributed by atoms with E-state index in [1.54, 1.807) is 11.8 Å². The van der Waals surface area contributed by atoms with Gasteiger partial charge in [-0.15, -0.1) is 0 Å². The molecule has 0 saturated heterocycles. The van der Waals surface area contributed by atoms with Crippen molar-refractivity contribution in [2.24, 2.45) is 0 Å². The lowest BCUT2D eigenvalue weighted by molar-refractivity contribution is 0.938. The standard InChI is InChI=1S/C16H13ClN2S/c1-10-15(17)18-11(2)19-16(10)20-14-8-7-12-5-3-4-6-13(12)9-14/h3-9H,1-2H3. The predicted molar refractivity (Wildman–Crippen MR) is 84.6 cm³/mol. The lowest BCUT2D eigenvalue weighted by Crippen LogP contribution is -1.95. The molecule has 0 aliphatic carbocycles. The summed E-state index contributed by atoms with van der Waals surface area (Å²) in [4.78, 5) is 9.80. The zero-order chi connectivity index (χ0) is 14.1. The summed E-state index contributed by atoms with van der Waals surface area (Å²) in [6.07, 6.45) is 0. The second-order valence-corrected chi connectivity index (χ2v) is 6.02. The number of halogens is 1. The van der Waals surface area contributed by atoms with Crippen molar-refractivity contribution in [3.63, 3.8) is 0 Å². The summed E-state index contributed by atoms with van der Waals surface area (Å²) >= 11 is 7.74. The van der Waals surface area contributed by atoms with Gasteiger partial charge < -0.3 is 0 Å². The Kier molecular flexibility index (Phi) is 3.64. The maximum absolute atomic E-state index is 6.12. The number of rotatable bonds is 2. The predicted octanol–water partition coefficient (Wildman–Crippen LogP) is 5.05. The highest BCUT2D eigenvalue weighted by Crippen LogP contribution is 2.32. The molecule has 0 atom stereocenters.